The Morgan fingerprint density at radius 3 is 2.28 bits per heavy atom. The summed E-state index contributed by atoms with van der Waals surface area (Å²) in [5.74, 6) is 0.612. The SMILES string of the molecule is CS(=O)(=O)c1ccc(OC2CCN(c3ccnc4ccc(-c5cn[nH]c5C(F)(F)F)cc34)CC2)cc1.Cl.Cl.Cl. The Kier molecular flexibility index (Phi) is 10.5. The molecule has 1 aliphatic heterocycles. The van der Waals surface area contributed by atoms with Crippen molar-refractivity contribution in [3.05, 3.63) is 66.6 Å². The molecule has 1 fully saturated rings. The number of nitrogens with one attached hydrogen (secondary N) is 1. The van der Waals surface area contributed by atoms with E-state index in [1.54, 1.807) is 36.5 Å². The second-order valence-electron chi connectivity index (χ2n) is 8.77. The summed E-state index contributed by atoms with van der Waals surface area (Å²) in [6, 6.07) is 13.3. The molecule has 14 heteroatoms. The van der Waals surface area contributed by atoms with Gasteiger partial charge in [0.1, 0.15) is 17.5 Å². The maximum atomic E-state index is 13.4. The number of anilines is 1. The molecule has 3 heterocycles. The van der Waals surface area contributed by atoms with Gasteiger partial charge < -0.3 is 9.64 Å². The number of ether oxygens (including phenoxy) is 1. The van der Waals surface area contributed by atoms with Crippen LogP contribution in [0.4, 0.5) is 18.9 Å². The second kappa shape index (κ2) is 12.6. The number of halogens is 6. The van der Waals surface area contributed by atoms with Crippen LogP contribution in [0.3, 0.4) is 0 Å². The van der Waals surface area contributed by atoms with Crippen molar-refractivity contribution in [1.82, 2.24) is 15.2 Å². The highest BCUT2D eigenvalue weighted by Gasteiger charge is 2.36. The van der Waals surface area contributed by atoms with Crippen molar-refractivity contribution in [2.45, 2.75) is 30.0 Å². The molecule has 39 heavy (non-hydrogen) atoms. The highest BCUT2D eigenvalue weighted by atomic mass is 35.5. The van der Waals surface area contributed by atoms with Gasteiger partial charge in [0.15, 0.2) is 9.84 Å². The zero-order valence-electron chi connectivity index (χ0n) is 20.5. The van der Waals surface area contributed by atoms with E-state index < -0.39 is 21.7 Å². The van der Waals surface area contributed by atoms with Gasteiger partial charge in [-0.05, 0) is 48.0 Å². The smallest absolute Gasteiger partial charge is 0.433 e. The second-order valence-corrected chi connectivity index (χ2v) is 10.8. The monoisotopic (exact) mass is 624 g/mol. The molecule has 0 atom stereocenters. The number of aromatic amines is 1. The minimum absolute atomic E-state index is 0. The molecule has 4 aromatic rings. The van der Waals surface area contributed by atoms with Crippen LogP contribution in [0.15, 0.2) is 65.8 Å². The van der Waals surface area contributed by atoms with E-state index in [-0.39, 0.29) is 53.8 Å². The third kappa shape index (κ3) is 7.08. The molecule has 0 aliphatic carbocycles. The van der Waals surface area contributed by atoms with Gasteiger partial charge in [-0.15, -0.1) is 37.2 Å². The molecule has 1 N–H and O–H groups in total. The summed E-state index contributed by atoms with van der Waals surface area (Å²) in [5, 5.41) is 6.43. The molecule has 2 aromatic carbocycles. The molecule has 0 saturated carbocycles. The topological polar surface area (TPSA) is 88.2 Å². The molecule has 1 saturated heterocycles. The Morgan fingerprint density at radius 2 is 1.67 bits per heavy atom. The minimum Gasteiger partial charge on any atom is -0.490 e. The standard InChI is InChI=1S/C25H23F3N4O3S.3ClH/c1-36(33,34)19-5-3-17(4-6-19)35-18-9-12-32(13-10-18)23-8-11-29-22-7-2-16(14-20(22)23)21-15-30-31-24(21)25(26,27)28;;;/h2-8,11,14-15,18H,9-10,12-13H2,1H3,(H,30,31);3*1H. The molecule has 0 unspecified atom stereocenters. The summed E-state index contributed by atoms with van der Waals surface area (Å²) in [7, 11) is -3.26. The molecule has 5 rings (SSSR count). The van der Waals surface area contributed by atoms with E-state index in [1.165, 1.54) is 18.3 Å². The zero-order chi connectivity index (χ0) is 25.5. The van der Waals surface area contributed by atoms with Gasteiger partial charge in [-0.3, -0.25) is 10.1 Å². The maximum Gasteiger partial charge on any atom is 0.433 e. The summed E-state index contributed by atoms with van der Waals surface area (Å²) >= 11 is 0. The molecule has 0 amide bonds. The Bertz CT molecular complexity index is 1510. The van der Waals surface area contributed by atoms with Crippen molar-refractivity contribution in [2.24, 2.45) is 0 Å². The quantitative estimate of drug-likeness (QED) is 0.278. The molecule has 0 bridgehead atoms. The Labute approximate surface area is 242 Å². The fourth-order valence-electron chi connectivity index (χ4n) is 4.47. The number of hydrogen-bond donors (Lipinski definition) is 1. The number of H-pyrrole nitrogens is 1. The highest BCUT2D eigenvalue weighted by Crippen LogP contribution is 2.38. The van der Waals surface area contributed by atoms with Crippen LogP contribution in [-0.4, -0.2) is 49.0 Å². The number of piperidine rings is 1. The average molecular weight is 626 g/mol. The van der Waals surface area contributed by atoms with Gasteiger partial charge in [-0.25, -0.2) is 8.42 Å². The molecule has 7 nitrogen and oxygen atoms in total. The lowest BCUT2D eigenvalue weighted by atomic mass is 10.0. The van der Waals surface area contributed by atoms with E-state index in [4.69, 9.17) is 4.74 Å². The number of nitrogens with zero attached hydrogens (tertiary/aromatic N) is 3. The lowest BCUT2D eigenvalue weighted by molar-refractivity contribution is -0.140. The van der Waals surface area contributed by atoms with E-state index >= 15 is 0 Å². The maximum absolute atomic E-state index is 13.4. The first-order valence-electron chi connectivity index (χ1n) is 11.3. The minimum atomic E-state index is -4.54. The van der Waals surface area contributed by atoms with Gasteiger partial charge in [-0.2, -0.15) is 18.3 Å². The fraction of sp³-hybridized carbons (Fsp3) is 0.280. The van der Waals surface area contributed by atoms with Gasteiger partial charge in [0.25, 0.3) is 0 Å². The van der Waals surface area contributed by atoms with Gasteiger partial charge in [0, 0.05) is 55.0 Å². The number of rotatable bonds is 5. The third-order valence-electron chi connectivity index (χ3n) is 6.29. The molecule has 212 valence electrons. The molecule has 0 spiro atoms. The van der Waals surface area contributed by atoms with Crippen LogP contribution in [0, 0.1) is 0 Å². The van der Waals surface area contributed by atoms with Gasteiger partial charge in [0.05, 0.1) is 16.6 Å². The van der Waals surface area contributed by atoms with Crippen molar-refractivity contribution >= 4 is 63.6 Å². The van der Waals surface area contributed by atoms with Crippen molar-refractivity contribution in [2.75, 3.05) is 24.2 Å². The lowest BCUT2D eigenvalue weighted by Gasteiger charge is -2.34. The van der Waals surface area contributed by atoms with Gasteiger partial charge in [-0.1, -0.05) is 6.07 Å². The van der Waals surface area contributed by atoms with Gasteiger partial charge >= 0.3 is 6.18 Å². The number of benzene rings is 2. The highest BCUT2D eigenvalue weighted by molar-refractivity contribution is 7.90. The van der Waals surface area contributed by atoms with Crippen LogP contribution in [0.2, 0.25) is 0 Å². The summed E-state index contributed by atoms with van der Waals surface area (Å²) in [4.78, 5) is 6.81. The summed E-state index contributed by atoms with van der Waals surface area (Å²) in [6.07, 6.45) is 0.942. The fourth-order valence-corrected chi connectivity index (χ4v) is 5.10. The number of hydrogen-bond acceptors (Lipinski definition) is 6. The predicted molar refractivity (Wildman–Crippen MR) is 151 cm³/mol. The van der Waals surface area contributed by atoms with Crippen LogP contribution in [-0.2, 0) is 16.0 Å². The summed E-state index contributed by atoms with van der Waals surface area (Å²) in [5.41, 5.74) is 1.11. The van der Waals surface area contributed by atoms with Crippen molar-refractivity contribution < 1.29 is 26.3 Å². The van der Waals surface area contributed by atoms with Gasteiger partial charge in [0.2, 0.25) is 0 Å². The first-order chi connectivity index (χ1) is 17.1. The Balaban J connectivity index is 0.00000178. The van der Waals surface area contributed by atoms with Crippen molar-refractivity contribution in [3.8, 4) is 16.9 Å². The molecule has 0 radical (unpaired) electrons. The number of alkyl halides is 3. The normalized spacial score (nSPS) is 14.2. The number of sulfone groups is 1. The van der Waals surface area contributed by atoms with E-state index in [0.29, 0.717) is 29.9 Å². The Hall–Kier alpha value is -2.73. The van der Waals surface area contributed by atoms with Crippen LogP contribution in [0.5, 0.6) is 5.75 Å². The molecule has 2 aromatic heterocycles. The predicted octanol–water partition coefficient (Wildman–Crippen LogP) is 6.36. The van der Waals surface area contributed by atoms with Crippen molar-refractivity contribution in [3.63, 3.8) is 0 Å². The largest absolute Gasteiger partial charge is 0.490 e. The lowest BCUT2D eigenvalue weighted by Crippen LogP contribution is -2.38. The van der Waals surface area contributed by atoms with Crippen LogP contribution in [0.1, 0.15) is 18.5 Å². The molecule has 1 aliphatic rings. The first-order valence-corrected chi connectivity index (χ1v) is 13.2. The molecular weight excluding hydrogens is 600 g/mol. The Morgan fingerprint density at radius 1 is 1.00 bits per heavy atom. The third-order valence-corrected chi connectivity index (χ3v) is 7.42. The number of fused-ring (bicyclic) bond motifs is 1. The summed E-state index contributed by atoms with van der Waals surface area (Å²) < 4.78 is 69.5. The van der Waals surface area contributed by atoms with Crippen LogP contribution < -0.4 is 9.64 Å². The van der Waals surface area contributed by atoms with Crippen molar-refractivity contribution in [1.29, 1.82) is 0 Å². The number of pyridine rings is 1. The van der Waals surface area contributed by atoms with E-state index in [0.717, 1.165) is 30.2 Å². The van der Waals surface area contributed by atoms with Crippen LogP contribution in [0.25, 0.3) is 22.0 Å². The average Bonchev–Trinajstić information content (AvgIpc) is 3.35. The van der Waals surface area contributed by atoms with E-state index in [2.05, 4.69) is 20.1 Å². The van der Waals surface area contributed by atoms with E-state index in [1.807, 2.05) is 6.07 Å². The molecular formula is C25H26Cl3F3N4O3S. The zero-order valence-corrected chi connectivity index (χ0v) is 23.8. The van der Waals surface area contributed by atoms with Crippen LogP contribution >= 0.6 is 37.2 Å². The summed E-state index contributed by atoms with van der Waals surface area (Å²) in [6.45, 7) is 1.38. The van der Waals surface area contributed by atoms with E-state index in [9.17, 15) is 21.6 Å². The number of aromatic nitrogens is 3. The first kappa shape index (κ1) is 32.5.